The van der Waals surface area contributed by atoms with Crippen molar-refractivity contribution in [2.45, 2.75) is 4.90 Å². The third kappa shape index (κ3) is 7.11. The Hall–Kier alpha value is -3.79. The third-order valence-corrected chi connectivity index (χ3v) is 5.20. The van der Waals surface area contributed by atoms with Gasteiger partial charge < -0.3 is 15.4 Å². The van der Waals surface area contributed by atoms with Crippen molar-refractivity contribution < 1.29 is 32.3 Å². The molecule has 33 heavy (non-hydrogen) atoms. The summed E-state index contributed by atoms with van der Waals surface area (Å²) in [7, 11) is 0. The van der Waals surface area contributed by atoms with Gasteiger partial charge in [-0.2, -0.15) is 0 Å². The third-order valence-electron chi connectivity index (χ3n) is 4.13. The Morgan fingerprint density at radius 1 is 0.818 bits per heavy atom. The van der Waals surface area contributed by atoms with Crippen LogP contribution in [-0.4, -0.2) is 30.1 Å². The molecule has 3 rings (SSSR count). The van der Waals surface area contributed by atoms with E-state index in [1.165, 1.54) is 30.3 Å². The molecule has 2 amide bonds. The number of carbonyl (C=O) groups excluding carboxylic acids is 3. The molecular formula is C23H17F3N2O4S. The van der Waals surface area contributed by atoms with Crippen LogP contribution in [0.2, 0.25) is 0 Å². The summed E-state index contributed by atoms with van der Waals surface area (Å²) in [6.45, 7) is -0.723. The highest BCUT2D eigenvalue weighted by Crippen LogP contribution is 2.24. The number of carbonyl (C=O) groups is 3. The van der Waals surface area contributed by atoms with Gasteiger partial charge in [0.2, 0.25) is 5.91 Å². The second kappa shape index (κ2) is 11.2. The monoisotopic (exact) mass is 474 g/mol. The lowest BCUT2D eigenvalue weighted by Gasteiger charge is -2.10. The SMILES string of the molecule is O=C(CSc1ccccc1C(=O)OCC(=O)Nc1cc(F)ccc1F)Nc1ccc(F)cc1. The molecule has 10 heteroatoms. The van der Waals surface area contributed by atoms with Gasteiger partial charge in [0.25, 0.3) is 5.91 Å². The normalized spacial score (nSPS) is 10.4. The molecule has 0 aliphatic rings. The van der Waals surface area contributed by atoms with Crippen molar-refractivity contribution in [1.29, 1.82) is 0 Å². The maximum absolute atomic E-state index is 13.6. The van der Waals surface area contributed by atoms with Crippen LogP contribution in [0.4, 0.5) is 24.5 Å². The first-order valence-corrected chi connectivity index (χ1v) is 10.5. The topological polar surface area (TPSA) is 84.5 Å². The maximum Gasteiger partial charge on any atom is 0.339 e. The summed E-state index contributed by atoms with van der Waals surface area (Å²) in [5.74, 6) is -4.09. The van der Waals surface area contributed by atoms with E-state index in [-0.39, 0.29) is 22.9 Å². The lowest BCUT2D eigenvalue weighted by atomic mass is 10.2. The van der Waals surface area contributed by atoms with Gasteiger partial charge in [-0.15, -0.1) is 11.8 Å². The summed E-state index contributed by atoms with van der Waals surface area (Å²) in [6, 6.07) is 14.2. The number of ether oxygens (including phenoxy) is 1. The first-order valence-electron chi connectivity index (χ1n) is 9.51. The van der Waals surface area contributed by atoms with E-state index in [1.807, 2.05) is 0 Å². The zero-order chi connectivity index (χ0) is 23.8. The highest BCUT2D eigenvalue weighted by Gasteiger charge is 2.16. The highest BCUT2D eigenvalue weighted by atomic mass is 32.2. The van der Waals surface area contributed by atoms with Gasteiger partial charge >= 0.3 is 5.97 Å². The lowest BCUT2D eigenvalue weighted by molar-refractivity contribution is -0.119. The van der Waals surface area contributed by atoms with Crippen molar-refractivity contribution in [2.75, 3.05) is 23.0 Å². The molecule has 3 aromatic carbocycles. The average Bonchev–Trinajstić information content (AvgIpc) is 2.80. The molecule has 0 heterocycles. The molecule has 170 valence electrons. The second-order valence-corrected chi connectivity index (χ2v) is 7.61. The van der Waals surface area contributed by atoms with E-state index in [4.69, 9.17) is 4.74 Å². The zero-order valence-electron chi connectivity index (χ0n) is 16.9. The van der Waals surface area contributed by atoms with Crippen molar-refractivity contribution in [3.63, 3.8) is 0 Å². The van der Waals surface area contributed by atoms with E-state index in [2.05, 4.69) is 10.6 Å². The molecule has 0 bridgehead atoms. The Labute approximate surface area is 191 Å². The Bertz CT molecular complexity index is 1170. The lowest BCUT2D eigenvalue weighted by Crippen LogP contribution is -2.22. The zero-order valence-corrected chi connectivity index (χ0v) is 17.8. The van der Waals surface area contributed by atoms with Crippen LogP contribution in [0.25, 0.3) is 0 Å². The molecule has 0 saturated carbocycles. The van der Waals surface area contributed by atoms with Crippen molar-refractivity contribution in [1.82, 2.24) is 0 Å². The fourth-order valence-electron chi connectivity index (χ4n) is 2.62. The summed E-state index contributed by atoms with van der Waals surface area (Å²) >= 11 is 1.07. The van der Waals surface area contributed by atoms with Crippen LogP contribution in [0.1, 0.15) is 10.4 Å². The van der Waals surface area contributed by atoms with E-state index in [1.54, 1.807) is 18.2 Å². The Morgan fingerprint density at radius 3 is 2.27 bits per heavy atom. The van der Waals surface area contributed by atoms with Gasteiger partial charge in [-0.1, -0.05) is 12.1 Å². The molecule has 2 N–H and O–H groups in total. The number of halogens is 3. The number of anilines is 2. The van der Waals surface area contributed by atoms with E-state index in [0.29, 0.717) is 10.6 Å². The molecule has 0 aromatic heterocycles. The molecule has 0 fully saturated rings. The molecule has 0 aliphatic carbocycles. The predicted octanol–water partition coefficient (Wildman–Crippen LogP) is 4.63. The van der Waals surface area contributed by atoms with Gasteiger partial charge in [-0.25, -0.2) is 18.0 Å². The second-order valence-electron chi connectivity index (χ2n) is 6.59. The summed E-state index contributed by atoms with van der Waals surface area (Å²) in [5, 5.41) is 4.73. The number of hydrogen-bond acceptors (Lipinski definition) is 5. The highest BCUT2D eigenvalue weighted by molar-refractivity contribution is 8.00. The maximum atomic E-state index is 13.6. The Kier molecular flexibility index (Phi) is 8.09. The van der Waals surface area contributed by atoms with Crippen LogP contribution in [0.5, 0.6) is 0 Å². The van der Waals surface area contributed by atoms with Crippen molar-refractivity contribution >= 4 is 40.9 Å². The fraction of sp³-hybridized carbons (Fsp3) is 0.0870. The fourth-order valence-corrected chi connectivity index (χ4v) is 3.46. The Morgan fingerprint density at radius 2 is 1.52 bits per heavy atom. The van der Waals surface area contributed by atoms with Crippen LogP contribution < -0.4 is 10.6 Å². The Balaban J connectivity index is 1.54. The molecule has 0 unspecified atom stereocenters. The van der Waals surface area contributed by atoms with Crippen LogP contribution in [0, 0.1) is 17.5 Å². The minimum atomic E-state index is -0.850. The number of rotatable bonds is 8. The van der Waals surface area contributed by atoms with Crippen LogP contribution >= 0.6 is 11.8 Å². The van der Waals surface area contributed by atoms with Gasteiger partial charge in [0.15, 0.2) is 6.61 Å². The largest absolute Gasteiger partial charge is 0.452 e. The predicted molar refractivity (Wildman–Crippen MR) is 117 cm³/mol. The average molecular weight is 474 g/mol. The number of esters is 1. The summed E-state index contributed by atoms with van der Waals surface area (Å²) in [4.78, 5) is 37.0. The smallest absolute Gasteiger partial charge is 0.339 e. The molecule has 3 aromatic rings. The van der Waals surface area contributed by atoms with Crippen LogP contribution in [0.3, 0.4) is 0 Å². The number of hydrogen-bond donors (Lipinski definition) is 2. The van der Waals surface area contributed by atoms with Crippen LogP contribution in [-0.2, 0) is 14.3 Å². The summed E-state index contributed by atoms with van der Waals surface area (Å²) in [6.07, 6.45) is 0. The van der Waals surface area contributed by atoms with E-state index >= 15 is 0 Å². The number of amides is 2. The summed E-state index contributed by atoms with van der Waals surface area (Å²) in [5.41, 5.74) is 0.177. The van der Waals surface area contributed by atoms with Gasteiger partial charge in [-0.05, 0) is 48.5 Å². The first kappa shape index (κ1) is 23.9. The first-order chi connectivity index (χ1) is 15.8. The minimum absolute atomic E-state index is 0.0407. The number of benzene rings is 3. The quantitative estimate of drug-likeness (QED) is 0.367. The number of thioether (sulfide) groups is 1. The molecule has 0 radical (unpaired) electrons. The van der Waals surface area contributed by atoms with Gasteiger partial charge in [0.1, 0.15) is 17.5 Å². The van der Waals surface area contributed by atoms with Crippen molar-refractivity contribution in [2.24, 2.45) is 0 Å². The van der Waals surface area contributed by atoms with Gasteiger partial charge in [0.05, 0.1) is 17.0 Å². The molecule has 0 aliphatic heterocycles. The molecular weight excluding hydrogens is 457 g/mol. The minimum Gasteiger partial charge on any atom is -0.452 e. The standard InChI is InChI=1S/C23H17F3N2O4S/c24-14-5-8-16(9-6-14)27-22(30)13-33-20-4-2-1-3-17(20)23(31)32-12-21(29)28-19-11-15(25)7-10-18(19)26/h1-11H,12-13H2,(H,27,30)(H,28,29). The van der Waals surface area contributed by atoms with E-state index in [9.17, 15) is 27.6 Å². The molecule has 0 atom stereocenters. The molecule has 6 nitrogen and oxygen atoms in total. The van der Waals surface area contributed by atoms with Crippen molar-refractivity contribution in [3.05, 3.63) is 89.7 Å². The van der Waals surface area contributed by atoms with E-state index in [0.717, 1.165) is 30.0 Å². The van der Waals surface area contributed by atoms with Gasteiger partial charge in [-0.3, -0.25) is 9.59 Å². The van der Waals surface area contributed by atoms with Gasteiger partial charge in [0, 0.05) is 16.6 Å². The van der Waals surface area contributed by atoms with Crippen molar-refractivity contribution in [3.8, 4) is 0 Å². The molecule has 0 saturated heterocycles. The summed E-state index contributed by atoms with van der Waals surface area (Å²) < 4.78 is 44.7. The van der Waals surface area contributed by atoms with E-state index < -0.39 is 35.9 Å². The molecule has 0 spiro atoms. The number of nitrogens with one attached hydrogen (secondary N) is 2. The van der Waals surface area contributed by atoms with Crippen LogP contribution in [0.15, 0.2) is 71.6 Å².